The molecular weight excluding hydrogens is 194 g/mol. The molecule has 0 aliphatic rings. The molecule has 1 rings (SSSR count). The molecule has 1 aromatic heterocycles. The van der Waals surface area contributed by atoms with Gasteiger partial charge in [0, 0.05) is 6.20 Å². The first-order chi connectivity index (χ1) is 5.55. The van der Waals surface area contributed by atoms with Crippen molar-refractivity contribution in [3.63, 3.8) is 0 Å². The van der Waals surface area contributed by atoms with Crippen LogP contribution in [0.1, 0.15) is 5.69 Å². The fraction of sp³-hybridized carbons (Fsp3) is 0.167. The molecule has 12 heavy (non-hydrogen) atoms. The number of rotatable bonds is 1. The van der Waals surface area contributed by atoms with E-state index < -0.39 is 28.9 Å². The Kier molecular flexibility index (Phi) is 2.56. The van der Waals surface area contributed by atoms with E-state index in [9.17, 15) is 17.1 Å². The van der Waals surface area contributed by atoms with Gasteiger partial charge in [0.1, 0.15) is 0 Å². The van der Waals surface area contributed by atoms with Crippen LogP contribution in [0.5, 0.6) is 0 Å². The summed E-state index contributed by atoms with van der Waals surface area (Å²) in [7, 11) is 0. The standard InChI is InChI=1S/C6H3F4NS/c7-6(8,9)5-4(12-10)2-1-3-11-5/h1-3H. The van der Waals surface area contributed by atoms with Gasteiger partial charge in [-0.25, -0.2) is 0 Å². The van der Waals surface area contributed by atoms with Crippen molar-refractivity contribution in [1.29, 1.82) is 0 Å². The van der Waals surface area contributed by atoms with Crippen LogP contribution in [0, 0.1) is 0 Å². The summed E-state index contributed by atoms with van der Waals surface area (Å²) >= 11 is -0.460. The topological polar surface area (TPSA) is 12.9 Å². The Hall–Kier alpha value is -0.780. The Labute approximate surface area is 70.1 Å². The number of hydrogen-bond donors (Lipinski definition) is 0. The third kappa shape index (κ3) is 1.88. The second-order valence-corrected chi connectivity index (χ2v) is 2.52. The molecule has 1 aromatic rings. The molecule has 0 aliphatic heterocycles. The van der Waals surface area contributed by atoms with Crippen LogP contribution in [0.15, 0.2) is 23.2 Å². The lowest BCUT2D eigenvalue weighted by Crippen LogP contribution is -2.08. The molecule has 0 fully saturated rings. The summed E-state index contributed by atoms with van der Waals surface area (Å²) in [6.07, 6.45) is -3.61. The van der Waals surface area contributed by atoms with Crippen LogP contribution in [0.25, 0.3) is 0 Å². The van der Waals surface area contributed by atoms with Gasteiger partial charge in [0.15, 0.2) is 5.69 Å². The zero-order valence-corrected chi connectivity index (χ0v) is 6.42. The van der Waals surface area contributed by atoms with E-state index in [0.29, 0.717) is 0 Å². The second-order valence-electron chi connectivity index (χ2n) is 1.93. The van der Waals surface area contributed by atoms with Gasteiger partial charge in [-0.05, 0) is 12.1 Å². The van der Waals surface area contributed by atoms with E-state index in [1.165, 1.54) is 6.07 Å². The predicted molar refractivity (Wildman–Crippen MR) is 36.2 cm³/mol. The van der Waals surface area contributed by atoms with E-state index >= 15 is 0 Å². The highest BCUT2D eigenvalue weighted by Crippen LogP contribution is 2.34. The van der Waals surface area contributed by atoms with Crippen molar-refractivity contribution in [3.05, 3.63) is 24.0 Å². The molecule has 0 saturated heterocycles. The van der Waals surface area contributed by atoms with Crippen molar-refractivity contribution in [2.24, 2.45) is 0 Å². The minimum absolute atomic E-state index is 0.460. The zero-order valence-electron chi connectivity index (χ0n) is 5.60. The summed E-state index contributed by atoms with van der Waals surface area (Å²) in [5, 5.41) is 0. The minimum atomic E-state index is -4.59. The maximum absolute atomic E-state index is 12.0. The van der Waals surface area contributed by atoms with Gasteiger partial charge >= 0.3 is 6.18 Å². The van der Waals surface area contributed by atoms with Crippen LogP contribution in [-0.4, -0.2) is 4.98 Å². The first-order valence-electron chi connectivity index (χ1n) is 2.86. The van der Waals surface area contributed by atoms with Gasteiger partial charge in [0.2, 0.25) is 0 Å². The number of hydrogen-bond acceptors (Lipinski definition) is 2. The maximum Gasteiger partial charge on any atom is 0.434 e. The molecule has 1 nitrogen and oxygen atoms in total. The van der Waals surface area contributed by atoms with E-state index in [2.05, 4.69) is 4.98 Å². The molecule has 0 amide bonds. The molecule has 0 N–H and O–H groups in total. The number of nitrogens with zero attached hydrogens (tertiary/aromatic N) is 1. The van der Waals surface area contributed by atoms with Gasteiger partial charge in [0.05, 0.1) is 17.0 Å². The average Bonchev–Trinajstić information content (AvgIpc) is 2.03. The fourth-order valence-corrected chi connectivity index (χ4v) is 1.04. The van der Waals surface area contributed by atoms with E-state index in [4.69, 9.17) is 0 Å². The molecule has 0 bridgehead atoms. The first-order valence-corrected chi connectivity index (χ1v) is 3.58. The largest absolute Gasteiger partial charge is 0.434 e. The van der Waals surface area contributed by atoms with E-state index in [0.717, 1.165) is 12.3 Å². The molecule has 0 aromatic carbocycles. The van der Waals surface area contributed by atoms with Crippen molar-refractivity contribution in [3.8, 4) is 0 Å². The summed E-state index contributed by atoms with van der Waals surface area (Å²) in [5.41, 5.74) is -1.18. The molecule has 0 aliphatic carbocycles. The Bertz CT molecular complexity index is 272. The van der Waals surface area contributed by atoms with Crippen LogP contribution in [0.2, 0.25) is 0 Å². The summed E-state index contributed by atoms with van der Waals surface area (Å²) in [6, 6.07) is 2.28. The molecule has 6 heteroatoms. The van der Waals surface area contributed by atoms with Crippen molar-refractivity contribution in [1.82, 2.24) is 4.98 Å². The number of pyridine rings is 1. The molecule has 0 unspecified atom stereocenters. The van der Waals surface area contributed by atoms with Crippen LogP contribution >= 0.6 is 12.1 Å². The van der Waals surface area contributed by atoms with E-state index in [-0.39, 0.29) is 0 Å². The monoisotopic (exact) mass is 197 g/mol. The molecule has 0 saturated carbocycles. The van der Waals surface area contributed by atoms with Gasteiger partial charge in [-0.2, -0.15) is 17.1 Å². The van der Waals surface area contributed by atoms with Gasteiger partial charge < -0.3 is 0 Å². The fourth-order valence-electron chi connectivity index (χ4n) is 0.666. The summed E-state index contributed by atoms with van der Waals surface area (Å²) in [4.78, 5) is 2.53. The summed E-state index contributed by atoms with van der Waals surface area (Å²) < 4.78 is 47.9. The van der Waals surface area contributed by atoms with Gasteiger partial charge in [0.25, 0.3) is 0 Å². The molecular formula is C6H3F4NS. The highest BCUT2D eigenvalue weighted by molar-refractivity contribution is 7.94. The van der Waals surface area contributed by atoms with Crippen molar-refractivity contribution in [2.75, 3.05) is 0 Å². The molecule has 0 spiro atoms. The summed E-state index contributed by atoms with van der Waals surface area (Å²) in [6.45, 7) is 0. The van der Waals surface area contributed by atoms with Crippen molar-refractivity contribution in [2.45, 2.75) is 11.1 Å². The number of alkyl halides is 3. The van der Waals surface area contributed by atoms with Gasteiger partial charge in [-0.3, -0.25) is 4.98 Å². The second kappa shape index (κ2) is 3.30. The Morgan fingerprint density at radius 1 is 1.33 bits per heavy atom. The highest BCUT2D eigenvalue weighted by atomic mass is 32.2. The van der Waals surface area contributed by atoms with Gasteiger partial charge in [-0.15, -0.1) is 0 Å². The highest BCUT2D eigenvalue weighted by Gasteiger charge is 2.35. The predicted octanol–water partition coefficient (Wildman–Crippen LogP) is 3.08. The van der Waals surface area contributed by atoms with E-state index in [1.807, 2.05) is 0 Å². The van der Waals surface area contributed by atoms with Crippen LogP contribution in [-0.2, 0) is 6.18 Å². The summed E-state index contributed by atoms with van der Waals surface area (Å²) in [5.74, 6) is 0. The molecule has 0 atom stereocenters. The first kappa shape index (κ1) is 9.31. The van der Waals surface area contributed by atoms with Crippen LogP contribution in [0.4, 0.5) is 17.1 Å². The molecule has 66 valence electrons. The Morgan fingerprint density at radius 2 is 2.00 bits per heavy atom. The lowest BCUT2D eigenvalue weighted by molar-refractivity contribution is -0.143. The lowest BCUT2D eigenvalue weighted by atomic mass is 10.3. The van der Waals surface area contributed by atoms with Gasteiger partial charge in [-0.1, -0.05) is 0 Å². The number of halogens is 4. The third-order valence-corrected chi connectivity index (χ3v) is 1.62. The normalized spacial score (nSPS) is 11.7. The van der Waals surface area contributed by atoms with Crippen LogP contribution in [0.3, 0.4) is 0 Å². The maximum atomic E-state index is 12.0. The average molecular weight is 197 g/mol. The Balaban J connectivity index is 3.14. The van der Waals surface area contributed by atoms with Crippen molar-refractivity contribution < 1.29 is 17.1 Å². The molecule has 1 heterocycles. The van der Waals surface area contributed by atoms with Crippen molar-refractivity contribution >= 4 is 12.1 Å². The SMILES string of the molecule is FSc1cccnc1C(F)(F)F. The lowest BCUT2D eigenvalue weighted by Gasteiger charge is -2.06. The Morgan fingerprint density at radius 3 is 2.42 bits per heavy atom. The smallest absolute Gasteiger partial charge is 0.251 e. The molecule has 0 radical (unpaired) electrons. The van der Waals surface area contributed by atoms with Crippen LogP contribution < -0.4 is 0 Å². The zero-order chi connectivity index (χ0) is 9.19. The minimum Gasteiger partial charge on any atom is -0.251 e. The quantitative estimate of drug-likeness (QED) is 0.641. The number of aromatic nitrogens is 1. The van der Waals surface area contributed by atoms with E-state index in [1.54, 1.807) is 0 Å². The third-order valence-electron chi connectivity index (χ3n) is 1.12.